The lowest BCUT2D eigenvalue weighted by Gasteiger charge is -2.18. The molecule has 1 aliphatic heterocycles. The van der Waals surface area contributed by atoms with Crippen LogP contribution < -0.4 is 10.2 Å². The molecular weight excluding hydrogens is 312 g/mol. The zero-order valence-electron chi connectivity index (χ0n) is 14.7. The molecular formula is C19H22N6. The highest BCUT2D eigenvalue weighted by atomic mass is 15.3. The van der Waals surface area contributed by atoms with Gasteiger partial charge in [-0.2, -0.15) is 5.26 Å². The van der Waals surface area contributed by atoms with Crippen molar-refractivity contribution >= 4 is 11.8 Å². The van der Waals surface area contributed by atoms with Crippen LogP contribution in [0.4, 0.5) is 11.8 Å². The molecule has 2 aromatic rings. The zero-order chi connectivity index (χ0) is 17.4. The van der Waals surface area contributed by atoms with Crippen LogP contribution in [0.2, 0.25) is 0 Å². The average molecular weight is 334 g/mol. The number of nitriles is 1. The van der Waals surface area contributed by atoms with Crippen molar-refractivity contribution in [3.8, 4) is 6.07 Å². The van der Waals surface area contributed by atoms with Crippen LogP contribution in [0.5, 0.6) is 0 Å². The normalized spacial score (nSPS) is 19.7. The quantitative estimate of drug-likeness (QED) is 0.926. The van der Waals surface area contributed by atoms with E-state index in [0.29, 0.717) is 17.3 Å². The van der Waals surface area contributed by atoms with Crippen molar-refractivity contribution in [3.05, 3.63) is 40.8 Å². The first-order valence-electron chi connectivity index (χ1n) is 8.87. The highest BCUT2D eigenvalue weighted by Gasteiger charge is 2.28. The monoisotopic (exact) mass is 334 g/mol. The third kappa shape index (κ3) is 3.27. The number of hydrogen-bond donors (Lipinski definition) is 1. The maximum absolute atomic E-state index is 9.42. The van der Waals surface area contributed by atoms with Gasteiger partial charge < -0.3 is 10.2 Å². The summed E-state index contributed by atoms with van der Waals surface area (Å²) in [5.41, 5.74) is 3.70. The van der Waals surface area contributed by atoms with Gasteiger partial charge in [-0.1, -0.05) is 0 Å². The standard InChI is InChI=1S/C19H22N6/c1-12-9-13(2)22-18(16(12)10-20)23-15-6-8-25(11-15)19-21-7-5-17(24-19)14-3-4-14/h5,7,9,14-15H,3-4,6,8,11H2,1-2H3,(H,22,23). The molecule has 2 aromatic heterocycles. The number of anilines is 2. The van der Waals surface area contributed by atoms with Crippen LogP contribution in [0.3, 0.4) is 0 Å². The van der Waals surface area contributed by atoms with Gasteiger partial charge in [-0.15, -0.1) is 0 Å². The van der Waals surface area contributed by atoms with Crippen molar-refractivity contribution in [1.29, 1.82) is 5.26 Å². The van der Waals surface area contributed by atoms with Crippen molar-refractivity contribution in [2.24, 2.45) is 0 Å². The molecule has 1 aliphatic carbocycles. The molecule has 1 saturated heterocycles. The summed E-state index contributed by atoms with van der Waals surface area (Å²) in [7, 11) is 0. The van der Waals surface area contributed by atoms with Crippen LogP contribution >= 0.6 is 0 Å². The predicted octanol–water partition coefficient (Wildman–Crippen LogP) is 2.93. The summed E-state index contributed by atoms with van der Waals surface area (Å²) in [6, 6.07) is 6.50. The highest BCUT2D eigenvalue weighted by Crippen LogP contribution is 2.39. The van der Waals surface area contributed by atoms with Gasteiger partial charge in [-0.05, 0) is 50.8 Å². The van der Waals surface area contributed by atoms with Gasteiger partial charge in [0.05, 0.1) is 5.56 Å². The number of aryl methyl sites for hydroxylation is 2. The predicted molar refractivity (Wildman–Crippen MR) is 96.7 cm³/mol. The minimum absolute atomic E-state index is 0.244. The average Bonchev–Trinajstić information content (AvgIpc) is 3.34. The number of rotatable bonds is 4. The fourth-order valence-corrected chi connectivity index (χ4v) is 3.46. The second-order valence-electron chi connectivity index (χ2n) is 7.05. The Morgan fingerprint density at radius 2 is 2.08 bits per heavy atom. The van der Waals surface area contributed by atoms with E-state index in [0.717, 1.165) is 36.7 Å². The topological polar surface area (TPSA) is 77.7 Å². The number of nitrogens with one attached hydrogen (secondary N) is 1. The van der Waals surface area contributed by atoms with Crippen LogP contribution in [-0.2, 0) is 0 Å². The van der Waals surface area contributed by atoms with Crippen molar-refractivity contribution in [2.75, 3.05) is 23.3 Å². The Kier molecular flexibility index (Phi) is 4.00. The lowest BCUT2D eigenvalue weighted by molar-refractivity contribution is 0.794. The van der Waals surface area contributed by atoms with Gasteiger partial charge >= 0.3 is 0 Å². The van der Waals surface area contributed by atoms with E-state index >= 15 is 0 Å². The number of nitrogens with zero attached hydrogens (tertiary/aromatic N) is 5. The summed E-state index contributed by atoms with van der Waals surface area (Å²) in [5, 5.41) is 12.9. The van der Waals surface area contributed by atoms with Gasteiger partial charge in [-0.3, -0.25) is 0 Å². The molecule has 2 fully saturated rings. The molecule has 1 atom stereocenters. The lowest BCUT2D eigenvalue weighted by atomic mass is 10.1. The first-order valence-corrected chi connectivity index (χ1v) is 8.87. The Balaban J connectivity index is 1.48. The summed E-state index contributed by atoms with van der Waals surface area (Å²) in [4.78, 5) is 15.9. The summed E-state index contributed by atoms with van der Waals surface area (Å²) in [6.45, 7) is 5.65. The van der Waals surface area contributed by atoms with Crippen LogP contribution in [0.15, 0.2) is 18.3 Å². The van der Waals surface area contributed by atoms with Crippen LogP contribution in [0, 0.1) is 25.2 Å². The summed E-state index contributed by atoms with van der Waals surface area (Å²) in [6.07, 6.45) is 5.35. The third-order valence-corrected chi connectivity index (χ3v) is 4.93. The Bertz CT molecular complexity index is 836. The van der Waals surface area contributed by atoms with E-state index < -0.39 is 0 Å². The third-order valence-electron chi connectivity index (χ3n) is 4.93. The van der Waals surface area contributed by atoms with Gasteiger partial charge in [0.2, 0.25) is 5.95 Å². The van der Waals surface area contributed by atoms with Crippen LogP contribution in [-0.4, -0.2) is 34.1 Å². The van der Waals surface area contributed by atoms with Crippen molar-refractivity contribution in [1.82, 2.24) is 15.0 Å². The van der Waals surface area contributed by atoms with Crippen molar-refractivity contribution in [2.45, 2.75) is 45.1 Å². The van der Waals surface area contributed by atoms with E-state index in [1.54, 1.807) is 0 Å². The molecule has 1 N–H and O–H groups in total. The molecule has 0 amide bonds. The molecule has 4 rings (SSSR count). The Hall–Kier alpha value is -2.68. The summed E-state index contributed by atoms with van der Waals surface area (Å²) >= 11 is 0. The fourth-order valence-electron chi connectivity index (χ4n) is 3.46. The maximum Gasteiger partial charge on any atom is 0.225 e. The Labute approximate surface area is 147 Å². The molecule has 128 valence electrons. The van der Waals surface area contributed by atoms with Gasteiger partial charge in [0.25, 0.3) is 0 Å². The minimum Gasteiger partial charge on any atom is -0.364 e. The van der Waals surface area contributed by atoms with Crippen molar-refractivity contribution in [3.63, 3.8) is 0 Å². The van der Waals surface area contributed by atoms with Crippen molar-refractivity contribution < 1.29 is 0 Å². The smallest absolute Gasteiger partial charge is 0.225 e. The van der Waals surface area contributed by atoms with Crippen LogP contribution in [0.25, 0.3) is 0 Å². The molecule has 3 heterocycles. The minimum atomic E-state index is 0.244. The molecule has 6 heteroatoms. The molecule has 6 nitrogen and oxygen atoms in total. The fraction of sp³-hybridized carbons (Fsp3) is 0.474. The molecule has 0 spiro atoms. The zero-order valence-corrected chi connectivity index (χ0v) is 14.7. The summed E-state index contributed by atoms with van der Waals surface area (Å²) in [5.74, 6) is 2.15. The van der Waals surface area contributed by atoms with E-state index in [1.165, 1.54) is 18.5 Å². The molecule has 0 bridgehead atoms. The molecule has 0 aromatic carbocycles. The number of aromatic nitrogens is 3. The maximum atomic E-state index is 9.42. The number of hydrogen-bond acceptors (Lipinski definition) is 6. The van der Waals surface area contributed by atoms with Gasteiger partial charge in [-0.25, -0.2) is 15.0 Å². The number of pyridine rings is 1. The molecule has 2 aliphatic rings. The van der Waals surface area contributed by atoms with E-state index in [1.807, 2.05) is 32.2 Å². The molecule has 25 heavy (non-hydrogen) atoms. The van der Waals surface area contributed by atoms with Crippen LogP contribution in [0.1, 0.15) is 47.7 Å². The van der Waals surface area contributed by atoms with Gasteiger partial charge in [0.1, 0.15) is 11.9 Å². The molecule has 1 saturated carbocycles. The first kappa shape index (κ1) is 15.8. The first-order chi connectivity index (χ1) is 12.1. The second kappa shape index (κ2) is 6.32. The summed E-state index contributed by atoms with van der Waals surface area (Å²) < 4.78 is 0. The van der Waals surface area contributed by atoms with E-state index in [-0.39, 0.29) is 6.04 Å². The SMILES string of the molecule is Cc1cc(C)c(C#N)c(NC2CCN(c3nccc(C4CC4)n3)C2)n1. The molecule has 0 radical (unpaired) electrons. The van der Waals surface area contributed by atoms with E-state index in [2.05, 4.69) is 26.3 Å². The molecule has 1 unspecified atom stereocenters. The Morgan fingerprint density at radius 3 is 2.84 bits per heavy atom. The second-order valence-corrected chi connectivity index (χ2v) is 7.05. The van der Waals surface area contributed by atoms with Gasteiger partial charge in [0.15, 0.2) is 0 Å². The largest absolute Gasteiger partial charge is 0.364 e. The van der Waals surface area contributed by atoms with E-state index in [9.17, 15) is 5.26 Å². The van der Waals surface area contributed by atoms with Gasteiger partial charge in [0, 0.05) is 42.6 Å². The Morgan fingerprint density at radius 1 is 1.24 bits per heavy atom. The lowest BCUT2D eigenvalue weighted by Crippen LogP contribution is -2.28. The highest BCUT2D eigenvalue weighted by molar-refractivity contribution is 5.57. The van der Waals surface area contributed by atoms with E-state index in [4.69, 9.17) is 4.98 Å².